The number of piperazine rings is 1. The molecule has 1 aliphatic heterocycles. The van der Waals surface area contributed by atoms with Gasteiger partial charge >= 0.3 is 5.88 Å². The summed E-state index contributed by atoms with van der Waals surface area (Å²) in [6, 6.07) is 4.89. The van der Waals surface area contributed by atoms with Crippen molar-refractivity contribution in [3.05, 3.63) is 28.0 Å². The van der Waals surface area contributed by atoms with Gasteiger partial charge in [0.2, 0.25) is 0 Å². The highest BCUT2D eigenvalue weighted by Crippen LogP contribution is 2.18. The predicted molar refractivity (Wildman–Crippen MR) is 58.0 cm³/mol. The summed E-state index contributed by atoms with van der Waals surface area (Å²) < 4.78 is 5.07. The second-order valence-corrected chi connectivity index (χ2v) is 3.82. The summed E-state index contributed by atoms with van der Waals surface area (Å²) in [5.74, 6) is 0.252. The number of nitro groups is 1. The number of hydrogen-bond acceptors (Lipinski definition) is 6. The predicted octanol–water partition coefficient (Wildman–Crippen LogP) is 0.485. The molecule has 0 spiro atoms. The molecule has 0 aromatic carbocycles. The smallest absolute Gasteiger partial charge is 0.404 e. The Morgan fingerprint density at radius 2 is 2.53 bits per heavy atom. The lowest BCUT2D eigenvalue weighted by molar-refractivity contribution is -0.402. The molecule has 1 saturated heterocycles. The van der Waals surface area contributed by atoms with Gasteiger partial charge in [0.1, 0.15) is 16.7 Å². The fourth-order valence-electron chi connectivity index (χ4n) is 1.81. The summed E-state index contributed by atoms with van der Waals surface area (Å²) in [6.45, 7) is 2.57. The Labute approximate surface area is 97.8 Å². The van der Waals surface area contributed by atoms with E-state index in [4.69, 9.17) is 9.68 Å². The fraction of sp³-hybridized carbons (Fsp3) is 0.500. The Kier molecular flexibility index (Phi) is 3.37. The molecule has 1 N–H and O–H groups in total. The van der Waals surface area contributed by atoms with E-state index >= 15 is 0 Å². The number of furan rings is 1. The van der Waals surface area contributed by atoms with Gasteiger partial charge in [0.15, 0.2) is 0 Å². The minimum Gasteiger partial charge on any atom is -0.404 e. The van der Waals surface area contributed by atoms with Gasteiger partial charge in [-0.1, -0.05) is 0 Å². The standard InChI is InChI=1S/C10H12N4O3/c11-5-8-6-12-3-4-13(8)7-9-1-2-10(17-9)14(15)16/h1-2,8,12H,3-4,6-7H2. The van der Waals surface area contributed by atoms with Crippen molar-refractivity contribution in [1.82, 2.24) is 10.2 Å². The molecule has 90 valence electrons. The van der Waals surface area contributed by atoms with Crippen LogP contribution in [0.1, 0.15) is 5.76 Å². The molecular formula is C10H12N4O3. The van der Waals surface area contributed by atoms with Gasteiger partial charge in [0.05, 0.1) is 18.7 Å². The van der Waals surface area contributed by atoms with Gasteiger partial charge in [0, 0.05) is 19.6 Å². The molecule has 1 unspecified atom stereocenters. The molecular weight excluding hydrogens is 224 g/mol. The number of nitriles is 1. The largest absolute Gasteiger partial charge is 0.433 e. The molecule has 1 aliphatic rings. The summed E-state index contributed by atoms with van der Waals surface area (Å²) in [5, 5.41) is 22.5. The van der Waals surface area contributed by atoms with E-state index in [0.717, 1.165) is 13.1 Å². The van der Waals surface area contributed by atoms with Gasteiger partial charge in [-0.05, 0) is 6.07 Å². The van der Waals surface area contributed by atoms with Crippen LogP contribution in [0.2, 0.25) is 0 Å². The van der Waals surface area contributed by atoms with Crippen LogP contribution in [0.25, 0.3) is 0 Å². The number of nitrogens with one attached hydrogen (secondary N) is 1. The van der Waals surface area contributed by atoms with Crippen molar-refractivity contribution in [2.24, 2.45) is 0 Å². The molecule has 0 aliphatic carbocycles. The summed E-state index contributed by atoms with van der Waals surface area (Å²) >= 11 is 0. The van der Waals surface area contributed by atoms with E-state index in [1.807, 2.05) is 4.90 Å². The zero-order chi connectivity index (χ0) is 12.3. The van der Waals surface area contributed by atoms with Crippen molar-refractivity contribution >= 4 is 5.88 Å². The van der Waals surface area contributed by atoms with Crippen molar-refractivity contribution in [3.63, 3.8) is 0 Å². The van der Waals surface area contributed by atoms with Crippen molar-refractivity contribution in [1.29, 1.82) is 5.26 Å². The lowest BCUT2D eigenvalue weighted by Crippen LogP contribution is -2.49. The van der Waals surface area contributed by atoms with Crippen LogP contribution in [0.4, 0.5) is 5.88 Å². The van der Waals surface area contributed by atoms with Crippen LogP contribution < -0.4 is 5.32 Å². The maximum Gasteiger partial charge on any atom is 0.433 e. The molecule has 2 heterocycles. The van der Waals surface area contributed by atoms with Crippen LogP contribution in [0.15, 0.2) is 16.5 Å². The Bertz CT molecular complexity index is 451. The van der Waals surface area contributed by atoms with Gasteiger partial charge in [0.25, 0.3) is 0 Å². The van der Waals surface area contributed by atoms with E-state index in [1.165, 1.54) is 6.07 Å². The van der Waals surface area contributed by atoms with E-state index in [0.29, 0.717) is 18.8 Å². The maximum atomic E-state index is 10.5. The second kappa shape index (κ2) is 4.95. The molecule has 17 heavy (non-hydrogen) atoms. The average Bonchev–Trinajstić information content (AvgIpc) is 2.78. The summed E-state index contributed by atoms with van der Waals surface area (Å²) in [7, 11) is 0. The van der Waals surface area contributed by atoms with Gasteiger partial charge in [-0.15, -0.1) is 0 Å². The first-order valence-corrected chi connectivity index (χ1v) is 5.28. The first-order valence-electron chi connectivity index (χ1n) is 5.28. The summed E-state index contributed by atoms with van der Waals surface area (Å²) in [6.07, 6.45) is 0. The topological polar surface area (TPSA) is 95.3 Å². The van der Waals surface area contributed by atoms with Gasteiger partial charge in [-0.3, -0.25) is 15.0 Å². The Hall–Kier alpha value is -1.91. The van der Waals surface area contributed by atoms with Crippen LogP contribution >= 0.6 is 0 Å². The lowest BCUT2D eigenvalue weighted by Gasteiger charge is -2.30. The van der Waals surface area contributed by atoms with Crippen LogP contribution in [0.5, 0.6) is 0 Å². The molecule has 1 aromatic heterocycles. The molecule has 7 nitrogen and oxygen atoms in total. The number of nitrogens with zero attached hydrogens (tertiary/aromatic N) is 3. The zero-order valence-electron chi connectivity index (χ0n) is 9.13. The normalized spacial score (nSPS) is 21.0. The zero-order valence-corrected chi connectivity index (χ0v) is 9.13. The fourth-order valence-corrected chi connectivity index (χ4v) is 1.81. The molecule has 1 aromatic rings. The van der Waals surface area contributed by atoms with Crippen LogP contribution in [0.3, 0.4) is 0 Å². The molecule has 0 amide bonds. The Morgan fingerprint density at radius 3 is 3.18 bits per heavy atom. The number of hydrogen-bond donors (Lipinski definition) is 1. The van der Waals surface area contributed by atoms with Gasteiger partial charge < -0.3 is 9.73 Å². The second-order valence-electron chi connectivity index (χ2n) is 3.82. The van der Waals surface area contributed by atoms with Crippen molar-refractivity contribution < 1.29 is 9.34 Å². The highest BCUT2D eigenvalue weighted by Gasteiger charge is 2.23. The van der Waals surface area contributed by atoms with Crippen LogP contribution in [-0.4, -0.2) is 35.5 Å². The van der Waals surface area contributed by atoms with Crippen molar-refractivity contribution in [3.8, 4) is 6.07 Å². The van der Waals surface area contributed by atoms with Crippen LogP contribution in [0, 0.1) is 21.4 Å². The van der Waals surface area contributed by atoms with Gasteiger partial charge in [-0.2, -0.15) is 5.26 Å². The molecule has 1 fully saturated rings. The van der Waals surface area contributed by atoms with Crippen molar-refractivity contribution in [2.75, 3.05) is 19.6 Å². The van der Waals surface area contributed by atoms with E-state index < -0.39 is 4.92 Å². The third kappa shape index (κ3) is 2.61. The molecule has 0 saturated carbocycles. The molecule has 0 bridgehead atoms. The van der Waals surface area contributed by atoms with Crippen molar-refractivity contribution in [2.45, 2.75) is 12.6 Å². The minimum atomic E-state index is -0.566. The quantitative estimate of drug-likeness (QED) is 0.606. The minimum absolute atomic E-state index is 0.215. The highest BCUT2D eigenvalue weighted by molar-refractivity contribution is 5.18. The lowest BCUT2D eigenvalue weighted by atomic mass is 10.2. The first-order chi connectivity index (χ1) is 8.20. The van der Waals surface area contributed by atoms with E-state index in [9.17, 15) is 10.1 Å². The van der Waals surface area contributed by atoms with E-state index in [-0.39, 0.29) is 11.9 Å². The Balaban J connectivity index is 2.03. The Morgan fingerprint density at radius 1 is 1.71 bits per heavy atom. The SMILES string of the molecule is N#CC1CNCCN1Cc1ccc([N+](=O)[O-])o1. The molecule has 1 atom stereocenters. The van der Waals surface area contributed by atoms with Crippen LogP contribution in [-0.2, 0) is 6.54 Å². The van der Waals surface area contributed by atoms with E-state index in [1.54, 1.807) is 6.07 Å². The van der Waals surface area contributed by atoms with E-state index in [2.05, 4.69) is 11.4 Å². The summed E-state index contributed by atoms with van der Waals surface area (Å²) in [5.41, 5.74) is 0. The molecule has 2 rings (SSSR count). The molecule has 0 radical (unpaired) electrons. The monoisotopic (exact) mass is 236 g/mol. The number of rotatable bonds is 3. The average molecular weight is 236 g/mol. The van der Waals surface area contributed by atoms with Gasteiger partial charge in [-0.25, -0.2) is 0 Å². The highest BCUT2D eigenvalue weighted by atomic mass is 16.6. The summed E-state index contributed by atoms with van der Waals surface area (Å²) in [4.78, 5) is 11.8. The maximum absolute atomic E-state index is 10.5. The third-order valence-electron chi connectivity index (χ3n) is 2.69. The molecule has 7 heteroatoms. The third-order valence-corrected chi connectivity index (χ3v) is 2.69. The first kappa shape index (κ1) is 11.6.